The average Bonchev–Trinajstić information content (AvgIpc) is 3.30. The summed E-state index contributed by atoms with van der Waals surface area (Å²) in [5.41, 5.74) is -25.1. The Morgan fingerprint density at radius 2 is 0.571 bits per heavy atom. The molecule has 410 valence electrons. The number of nitrogens with zero attached hydrogens (tertiary/aromatic N) is 1. The van der Waals surface area contributed by atoms with Gasteiger partial charge in [0.05, 0.1) is 44.5 Å². The molecule has 0 N–H and O–H groups in total. The van der Waals surface area contributed by atoms with E-state index in [2.05, 4.69) is 90.6 Å². The minimum atomic E-state index is -6.13. The van der Waals surface area contributed by atoms with Crippen LogP contribution in [-0.2, 0) is 56.0 Å². The summed E-state index contributed by atoms with van der Waals surface area (Å²) in [6.07, 6.45) is -50.5. The van der Waals surface area contributed by atoms with Gasteiger partial charge in [-0.3, -0.25) is 0 Å². The minimum absolute atomic E-state index is 0.691. The number of hydrogen-bond acceptors (Lipinski definition) is 0. The topological polar surface area (TPSA) is 3.88 Å². The first-order valence-electron chi connectivity index (χ1n) is 21.5. The van der Waals surface area contributed by atoms with Crippen LogP contribution >= 0.6 is 0 Å². The van der Waals surface area contributed by atoms with Gasteiger partial charge in [0, 0.05) is 17.7 Å². The van der Waals surface area contributed by atoms with E-state index in [-0.39, 0.29) is 0 Å². The number of rotatable bonds is 7. The number of halogens is 24. The Balaban J connectivity index is 0.000000397. The van der Waals surface area contributed by atoms with Crippen molar-refractivity contribution < 1.29 is 110 Å². The largest absolute Gasteiger partial charge is 0.416 e. The van der Waals surface area contributed by atoms with E-state index < -0.39 is 195 Å². The molecule has 0 saturated heterocycles. The second-order valence-electron chi connectivity index (χ2n) is 17.3. The minimum Gasteiger partial charge on any atom is -0.201 e. The van der Waals surface area contributed by atoms with E-state index in [0.29, 0.717) is 0 Å². The Kier molecular flexibility index (Phi) is 15.9. The van der Waals surface area contributed by atoms with Crippen molar-refractivity contribution in [3.05, 3.63) is 208 Å². The van der Waals surface area contributed by atoms with Crippen molar-refractivity contribution >= 4 is 28.0 Å². The number of hydrogen-bond donors (Lipinski definition) is 0. The van der Waals surface area contributed by atoms with Crippen LogP contribution in [0, 0.1) is 6.92 Å². The molecule has 1 aromatic heterocycles. The maximum Gasteiger partial charge on any atom is 0.416 e. The van der Waals surface area contributed by atoms with E-state index in [9.17, 15) is 105 Å². The average molecular weight is 1120 g/mol. The van der Waals surface area contributed by atoms with Crippen molar-refractivity contribution in [3.8, 4) is 11.1 Å². The predicted octanol–water partition coefficient (Wildman–Crippen LogP) is 15.2. The lowest BCUT2D eigenvalue weighted by molar-refractivity contribution is -0.688. The molecule has 0 saturated carbocycles. The number of benzene rings is 6. The highest BCUT2D eigenvalue weighted by molar-refractivity contribution is 7.20. The van der Waals surface area contributed by atoms with Crippen molar-refractivity contribution in [1.29, 1.82) is 0 Å². The summed E-state index contributed by atoms with van der Waals surface area (Å²) in [5.74, 6) is 0. The molecule has 0 aliphatic heterocycles. The molecule has 0 amide bonds. The van der Waals surface area contributed by atoms with Gasteiger partial charge in [0.1, 0.15) is 6.15 Å². The van der Waals surface area contributed by atoms with Gasteiger partial charge < -0.3 is 0 Å². The molecule has 0 spiro atoms. The maximum atomic E-state index is 14.2. The Hall–Kier alpha value is -7.15. The van der Waals surface area contributed by atoms with Crippen LogP contribution in [0.4, 0.5) is 105 Å². The summed E-state index contributed by atoms with van der Waals surface area (Å²) in [5, 5.41) is 0. The molecule has 6 aromatic carbocycles. The molecule has 0 atom stereocenters. The zero-order valence-electron chi connectivity index (χ0n) is 38.2. The molecule has 0 aliphatic rings. The summed E-state index contributed by atoms with van der Waals surface area (Å²) in [7, 11) is 0. The van der Waals surface area contributed by atoms with Crippen molar-refractivity contribution in [2.24, 2.45) is 0 Å². The zero-order chi connectivity index (χ0) is 57.7. The monoisotopic (exact) mass is 1120 g/mol. The molecule has 7 aromatic rings. The van der Waals surface area contributed by atoms with Crippen molar-refractivity contribution in [1.82, 2.24) is 0 Å². The number of aryl methyl sites for hydroxylation is 1. The summed E-state index contributed by atoms with van der Waals surface area (Å²) in [6.45, 7) is 3.04. The lowest BCUT2D eigenvalue weighted by atomic mass is 9.12. The maximum absolute atomic E-state index is 14.2. The molecule has 0 bridgehead atoms. The van der Waals surface area contributed by atoms with Crippen LogP contribution in [0.15, 0.2) is 152 Å². The van der Waals surface area contributed by atoms with Crippen molar-refractivity contribution in [2.45, 2.75) is 62.9 Å². The van der Waals surface area contributed by atoms with Crippen LogP contribution in [0.2, 0.25) is 0 Å². The summed E-state index contributed by atoms with van der Waals surface area (Å²) < 4.78 is 343. The van der Waals surface area contributed by atoms with Crippen LogP contribution in [0.3, 0.4) is 0 Å². The normalized spacial score (nSPS) is 13.3. The van der Waals surface area contributed by atoms with E-state index in [1.807, 2.05) is 0 Å². The van der Waals surface area contributed by atoms with Gasteiger partial charge in [-0.1, -0.05) is 109 Å². The first kappa shape index (κ1) is 59.1. The Bertz CT molecular complexity index is 2770. The second kappa shape index (κ2) is 20.7. The highest BCUT2D eigenvalue weighted by atomic mass is 19.4. The SMILES string of the molecule is Cc1cccc(-c2cc[n+](Cc3ccccc3)cc2)c1.FC(F)(F)c1cc([B-](c2cc(C(F)(F)F)cc(C(F)(F)F)c2)(c2cc(C(F)(F)F)cc(C(F)(F)F)c2)c2cc(C(F)(F)F)cc(C(F)(F)F)c2)cc(C(F)(F)F)c1. The number of pyridine rings is 1. The summed E-state index contributed by atoms with van der Waals surface area (Å²) in [4.78, 5) is 0. The molecule has 1 nitrogen and oxygen atoms in total. The molecule has 77 heavy (non-hydrogen) atoms. The van der Waals surface area contributed by atoms with Gasteiger partial charge >= 0.3 is 49.4 Å². The van der Waals surface area contributed by atoms with Gasteiger partial charge in [-0.2, -0.15) is 127 Å². The zero-order valence-corrected chi connectivity index (χ0v) is 38.2. The molecule has 26 heteroatoms. The van der Waals surface area contributed by atoms with E-state index in [1.165, 1.54) is 22.3 Å². The Morgan fingerprint density at radius 3 is 0.818 bits per heavy atom. The molecule has 0 fully saturated rings. The fourth-order valence-electron chi connectivity index (χ4n) is 8.44. The van der Waals surface area contributed by atoms with E-state index in [1.54, 1.807) is 0 Å². The van der Waals surface area contributed by atoms with E-state index in [4.69, 9.17) is 0 Å². The highest BCUT2D eigenvalue weighted by Crippen LogP contribution is 2.41. The first-order chi connectivity index (χ1) is 35.1. The fourth-order valence-corrected chi connectivity index (χ4v) is 8.44. The predicted molar refractivity (Wildman–Crippen MR) is 232 cm³/mol. The Morgan fingerprint density at radius 1 is 0.299 bits per heavy atom. The van der Waals surface area contributed by atoms with Crippen LogP contribution in [0.1, 0.15) is 55.6 Å². The van der Waals surface area contributed by atoms with Gasteiger partial charge in [-0.15, -0.1) is 0 Å². The summed E-state index contributed by atoms with van der Waals surface area (Å²) in [6, 6.07) is 14.7. The van der Waals surface area contributed by atoms with E-state index >= 15 is 0 Å². The lowest BCUT2D eigenvalue weighted by Gasteiger charge is -2.46. The highest BCUT2D eigenvalue weighted by Gasteiger charge is 2.47. The lowest BCUT2D eigenvalue weighted by Crippen LogP contribution is -2.75. The van der Waals surface area contributed by atoms with Gasteiger partial charge in [-0.25, -0.2) is 4.57 Å². The second-order valence-corrected chi connectivity index (χ2v) is 17.3. The molecule has 7 rings (SSSR count). The van der Waals surface area contributed by atoms with Crippen molar-refractivity contribution in [2.75, 3.05) is 0 Å². The molecular formula is C51H30BF24N. The molecule has 1 heterocycles. The quantitative estimate of drug-likeness (QED) is 0.0851. The summed E-state index contributed by atoms with van der Waals surface area (Å²) >= 11 is 0. The fraction of sp³-hybridized carbons (Fsp3) is 0.196. The third kappa shape index (κ3) is 13.9. The number of alkyl halides is 24. The standard InChI is InChI=1S/C32H12BF24.C19H18N/c34-25(35,36)13-1-14(26(37,38)39)6-21(5-13)33(22-7-15(27(40,41)42)2-16(8-22)28(43,44)45,23-9-17(29(46,47)48)3-18(10-23)30(49,50)51)24-11-19(31(52,53)54)4-20(12-24)32(55,56)57;1-16-6-5-9-19(14-16)18-10-12-20(13-11-18)15-17-7-3-2-4-8-17/h1-12H;2-14H,15H2,1H3/q-1;+1. The van der Waals surface area contributed by atoms with Crippen LogP contribution < -0.4 is 26.4 Å². The van der Waals surface area contributed by atoms with Crippen molar-refractivity contribution in [3.63, 3.8) is 0 Å². The molecule has 0 radical (unpaired) electrons. The van der Waals surface area contributed by atoms with Crippen LogP contribution in [0.5, 0.6) is 0 Å². The van der Waals surface area contributed by atoms with Crippen LogP contribution in [-0.4, -0.2) is 6.15 Å². The van der Waals surface area contributed by atoms with Gasteiger partial charge in [-0.05, 0) is 42.3 Å². The Labute approximate surface area is 418 Å². The van der Waals surface area contributed by atoms with Gasteiger partial charge in [0.15, 0.2) is 18.9 Å². The van der Waals surface area contributed by atoms with Crippen LogP contribution in [0.25, 0.3) is 11.1 Å². The first-order valence-corrected chi connectivity index (χ1v) is 21.5. The molecule has 0 unspecified atom stereocenters. The number of aromatic nitrogens is 1. The third-order valence-corrected chi connectivity index (χ3v) is 11.9. The smallest absolute Gasteiger partial charge is 0.201 e. The third-order valence-electron chi connectivity index (χ3n) is 11.9. The molecular weight excluding hydrogens is 1090 g/mol. The van der Waals surface area contributed by atoms with Gasteiger partial charge in [0.2, 0.25) is 0 Å². The van der Waals surface area contributed by atoms with E-state index in [0.717, 1.165) is 6.54 Å². The van der Waals surface area contributed by atoms with Gasteiger partial charge in [0.25, 0.3) is 0 Å². The molecule has 0 aliphatic carbocycles.